The summed E-state index contributed by atoms with van der Waals surface area (Å²) in [5.74, 6) is 1.17. The highest BCUT2D eigenvalue weighted by Crippen LogP contribution is 2.36. The number of rotatable bonds is 6. The van der Waals surface area contributed by atoms with E-state index in [0.29, 0.717) is 24.6 Å². The van der Waals surface area contributed by atoms with Gasteiger partial charge < -0.3 is 4.52 Å². The molecular formula is C18H24N2O3S. The fourth-order valence-electron chi connectivity index (χ4n) is 3.22. The van der Waals surface area contributed by atoms with Gasteiger partial charge in [-0.2, -0.15) is 4.98 Å². The molecule has 6 heteroatoms. The van der Waals surface area contributed by atoms with Crippen molar-refractivity contribution in [3.63, 3.8) is 0 Å². The lowest BCUT2D eigenvalue weighted by Gasteiger charge is -2.24. The molecule has 1 atom stereocenters. The fraction of sp³-hybridized carbons (Fsp3) is 0.556. The van der Waals surface area contributed by atoms with Gasteiger partial charge in [0.1, 0.15) is 5.75 Å². The Hall–Kier alpha value is -1.69. The Morgan fingerprint density at radius 1 is 1.29 bits per heavy atom. The second kappa shape index (κ2) is 7.05. The first-order chi connectivity index (χ1) is 11.5. The van der Waals surface area contributed by atoms with Crippen LogP contribution in [0.4, 0.5) is 0 Å². The second-order valence-electron chi connectivity index (χ2n) is 6.92. The molecule has 0 N–H and O–H groups in total. The molecule has 0 aliphatic heterocycles. The molecule has 0 saturated carbocycles. The van der Waals surface area contributed by atoms with Crippen molar-refractivity contribution in [2.75, 3.05) is 0 Å². The van der Waals surface area contributed by atoms with Crippen LogP contribution in [0.25, 0.3) is 0 Å². The third kappa shape index (κ3) is 3.86. The van der Waals surface area contributed by atoms with Crippen LogP contribution in [-0.2, 0) is 28.4 Å². The summed E-state index contributed by atoms with van der Waals surface area (Å²) in [6.45, 7) is 4.26. The third-order valence-electron chi connectivity index (χ3n) is 4.53. The van der Waals surface area contributed by atoms with Gasteiger partial charge in [-0.05, 0) is 42.7 Å². The van der Waals surface area contributed by atoms with Gasteiger partial charge in [0, 0.05) is 6.42 Å². The van der Waals surface area contributed by atoms with Crippen LogP contribution >= 0.6 is 0 Å². The third-order valence-corrected chi connectivity index (χ3v) is 6.53. The molecule has 130 valence electrons. The molecule has 1 aliphatic carbocycles. The van der Waals surface area contributed by atoms with Crippen LogP contribution in [0.1, 0.15) is 61.2 Å². The summed E-state index contributed by atoms with van der Waals surface area (Å²) < 4.78 is 30.9. The van der Waals surface area contributed by atoms with E-state index < -0.39 is 15.1 Å². The van der Waals surface area contributed by atoms with E-state index in [1.807, 2.05) is 24.3 Å². The standard InChI is InChI=1S/C18H24N2O3S/c1-13(2)10-11-17-19-18(23-20-17)12-24(21,22)16-9-5-7-14-6-3-4-8-15(14)16/h3-4,6,8,13,16H,5,7,9-12H2,1-2H3/t16-/m0/s1. The van der Waals surface area contributed by atoms with Crippen LogP contribution in [0, 0.1) is 5.92 Å². The van der Waals surface area contributed by atoms with Crippen LogP contribution in [0.2, 0.25) is 0 Å². The first-order valence-corrected chi connectivity index (χ1v) is 10.3. The quantitative estimate of drug-likeness (QED) is 0.796. The summed E-state index contributed by atoms with van der Waals surface area (Å²) in [6.07, 6.45) is 4.18. The summed E-state index contributed by atoms with van der Waals surface area (Å²) in [4.78, 5) is 4.26. The number of fused-ring (bicyclic) bond motifs is 1. The normalized spacial score (nSPS) is 17.9. The van der Waals surface area contributed by atoms with E-state index in [-0.39, 0.29) is 11.6 Å². The van der Waals surface area contributed by atoms with E-state index in [4.69, 9.17) is 4.52 Å². The molecule has 0 bridgehead atoms. The number of benzene rings is 1. The zero-order valence-corrected chi connectivity index (χ0v) is 15.1. The van der Waals surface area contributed by atoms with Crippen molar-refractivity contribution in [2.45, 2.75) is 57.0 Å². The van der Waals surface area contributed by atoms with Gasteiger partial charge in [-0.25, -0.2) is 8.42 Å². The van der Waals surface area contributed by atoms with Crippen LogP contribution in [0.3, 0.4) is 0 Å². The summed E-state index contributed by atoms with van der Waals surface area (Å²) in [5, 5.41) is 3.45. The van der Waals surface area contributed by atoms with Crippen molar-refractivity contribution in [3.8, 4) is 0 Å². The first-order valence-electron chi connectivity index (χ1n) is 8.56. The number of nitrogens with zero attached hydrogens (tertiary/aromatic N) is 2. The topological polar surface area (TPSA) is 73.1 Å². The number of sulfone groups is 1. The predicted molar refractivity (Wildman–Crippen MR) is 92.2 cm³/mol. The van der Waals surface area contributed by atoms with Crippen molar-refractivity contribution >= 4 is 9.84 Å². The van der Waals surface area contributed by atoms with Crippen molar-refractivity contribution in [2.24, 2.45) is 5.92 Å². The number of hydrogen-bond acceptors (Lipinski definition) is 5. The van der Waals surface area contributed by atoms with Crippen molar-refractivity contribution in [1.29, 1.82) is 0 Å². The molecule has 24 heavy (non-hydrogen) atoms. The van der Waals surface area contributed by atoms with Gasteiger partial charge in [0.05, 0.1) is 5.25 Å². The molecule has 0 fully saturated rings. The van der Waals surface area contributed by atoms with Crippen molar-refractivity contribution < 1.29 is 12.9 Å². The number of aromatic nitrogens is 2. The summed E-state index contributed by atoms with van der Waals surface area (Å²) in [7, 11) is -3.36. The molecule has 1 aromatic carbocycles. The Morgan fingerprint density at radius 2 is 2.08 bits per heavy atom. The molecule has 5 nitrogen and oxygen atoms in total. The zero-order valence-electron chi connectivity index (χ0n) is 14.2. The highest BCUT2D eigenvalue weighted by Gasteiger charge is 2.32. The van der Waals surface area contributed by atoms with E-state index in [0.717, 1.165) is 30.4 Å². The summed E-state index contributed by atoms with van der Waals surface area (Å²) >= 11 is 0. The average Bonchev–Trinajstić information content (AvgIpc) is 2.99. The Kier molecular flexibility index (Phi) is 5.04. The van der Waals surface area contributed by atoms with E-state index in [9.17, 15) is 8.42 Å². The van der Waals surface area contributed by atoms with Gasteiger partial charge in [0.25, 0.3) is 0 Å². The van der Waals surface area contributed by atoms with Crippen LogP contribution in [-0.4, -0.2) is 18.6 Å². The molecule has 2 aromatic rings. The van der Waals surface area contributed by atoms with Crippen LogP contribution < -0.4 is 0 Å². The van der Waals surface area contributed by atoms with Gasteiger partial charge >= 0.3 is 0 Å². The largest absolute Gasteiger partial charge is 0.338 e. The molecule has 0 amide bonds. The molecule has 1 aliphatic rings. The predicted octanol–water partition coefficient (Wildman–Crippen LogP) is 3.65. The van der Waals surface area contributed by atoms with E-state index >= 15 is 0 Å². The lowest BCUT2D eigenvalue weighted by molar-refractivity contribution is 0.380. The smallest absolute Gasteiger partial charge is 0.241 e. The monoisotopic (exact) mass is 348 g/mol. The molecule has 0 unspecified atom stereocenters. The Labute approximate surface area is 143 Å². The van der Waals surface area contributed by atoms with Gasteiger partial charge in [0.2, 0.25) is 5.89 Å². The van der Waals surface area contributed by atoms with E-state index in [2.05, 4.69) is 24.0 Å². The Bertz CT molecular complexity index is 796. The van der Waals surface area contributed by atoms with Gasteiger partial charge in [-0.15, -0.1) is 0 Å². The van der Waals surface area contributed by atoms with Crippen molar-refractivity contribution in [1.82, 2.24) is 10.1 Å². The maximum atomic E-state index is 12.9. The highest BCUT2D eigenvalue weighted by atomic mass is 32.2. The number of hydrogen-bond donors (Lipinski definition) is 0. The Balaban J connectivity index is 1.75. The molecule has 1 heterocycles. The minimum absolute atomic E-state index is 0.180. The highest BCUT2D eigenvalue weighted by molar-refractivity contribution is 7.90. The molecule has 0 radical (unpaired) electrons. The van der Waals surface area contributed by atoms with E-state index in [1.54, 1.807) is 0 Å². The van der Waals surface area contributed by atoms with Crippen LogP contribution in [0.5, 0.6) is 0 Å². The summed E-state index contributed by atoms with van der Waals surface area (Å²) in [5.41, 5.74) is 2.07. The molecule has 3 rings (SSSR count). The Morgan fingerprint density at radius 3 is 2.88 bits per heavy atom. The maximum absolute atomic E-state index is 12.9. The first kappa shape index (κ1) is 17.1. The molecule has 1 aromatic heterocycles. The zero-order chi connectivity index (χ0) is 17.2. The lowest BCUT2D eigenvalue weighted by atomic mass is 9.91. The second-order valence-corrected chi connectivity index (χ2v) is 9.11. The maximum Gasteiger partial charge on any atom is 0.241 e. The fourth-order valence-corrected chi connectivity index (χ4v) is 5.03. The van der Waals surface area contributed by atoms with E-state index in [1.165, 1.54) is 0 Å². The van der Waals surface area contributed by atoms with Crippen LogP contribution in [0.15, 0.2) is 28.8 Å². The number of aryl methyl sites for hydroxylation is 2. The summed E-state index contributed by atoms with van der Waals surface area (Å²) in [6, 6.07) is 7.82. The van der Waals surface area contributed by atoms with Gasteiger partial charge in [-0.3, -0.25) is 0 Å². The SMILES string of the molecule is CC(C)CCc1noc(CS(=O)(=O)[C@H]2CCCc3ccccc32)n1. The molecular weight excluding hydrogens is 324 g/mol. The minimum Gasteiger partial charge on any atom is -0.338 e. The van der Waals surface area contributed by atoms with Crippen molar-refractivity contribution in [3.05, 3.63) is 47.1 Å². The van der Waals surface area contributed by atoms with Gasteiger partial charge in [0.15, 0.2) is 15.7 Å². The molecule has 0 spiro atoms. The molecule has 0 saturated heterocycles. The minimum atomic E-state index is -3.36. The average molecular weight is 348 g/mol. The lowest BCUT2D eigenvalue weighted by Crippen LogP contribution is -2.20. The van der Waals surface area contributed by atoms with Gasteiger partial charge in [-0.1, -0.05) is 43.3 Å².